The van der Waals surface area contributed by atoms with Crippen molar-refractivity contribution in [2.24, 2.45) is 4.99 Å². The number of aromatic nitrogens is 2. The zero-order valence-corrected chi connectivity index (χ0v) is 17.3. The van der Waals surface area contributed by atoms with E-state index in [1.165, 1.54) is 42.7 Å². The molecule has 0 aliphatic rings. The second-order valence-corrected chi connectivity index (χ2v) is 7.31. The van der Waals surface area contributed by atoms with Crippen molar-refractivity contribution in [2.75, 3.05) is 0 Å². The minimum absolute atomic E-state index is 0.0278. The third-order valence-corrected chi connectivity index (χ3v) is 5.18. The monoisotopic (exact) mass is 457 g/mol. The van der Waals surface area contributed by atoms with Crippen molar-refractivity contribution in [3.05, 3.63) is 70.6 Å². The number of aromatic hydroxyl groups is 3. The lowest BCUT2D eigenvalue weighted by Crippen LogP contribution is -2.16. The minimum Gasteiger partial charge on any atom is -0.508 e. The van der Waals surface area contributed by atoms with Crippen LogP contribution >= 0.6 is 0 Å². The molecule has 0 radical (unpaired) electrons. The quantitative estimate of drug-likeness (QED) is 0.179. The van der Waals surface area contributed by atoms with E-state index >= 15 is 0 Å². The van der Waals surface area contributed by atoms with Gasteiger partial charge in [0.15, 0.2) is 17.3 Å². The number of ether oxygens (including phenoxy) is 1. The Kier molecular flexibility index (Phi) is 4.75. The van der Waals surface area contributed by atoms with Gasteiger partial charge in [-0.3, -0.25) is 9.79 Å². The number of nitrogens with zero attached hydrogens (tertiary/aromatic N) is 2. The van der Waals surface area contributed by atoms with E-state index in [1.54, 1.807) is 6.07 Å². The third-order valence-electron chi connectivity index (χ3n) is 5.18. The predicted octanol–water partition coefficient (Wildman–Crippen LogP) is 4.00. The highest BCUT2D eigenvalue weighted by Crippen LogP contribution is 2.38. The number of hydrogen-bond donors (Lipinski definition) is 4. The Morgan fingerprint density at radius 2 is 1.88 bits per heavy atom. The van der Waals surface area contributed by atoms with Gasteiger partial charge in [0.25, 0.3) is 0 Å². The summed E-state index contributed by atoms with van der Waals surface area (Å²) in [5.74, 6) is -2.62. The summed E-state index contributed by atoms with van der Waals surface area (Å²) in [4.78, 5) is 37.2. The summed E-state index contributed by atoms with van der Waals surface area (Å²) in [6, 6.07) is 10.7. The molecule has 5 rings (SSSR count). The highest BCUT2D eigenvalue weighted by Gasteiger charge is 2.24. The smallest absolute Gasteiger partial charge is 0.343 e. The Bertz CT molecular complexity index is 1680. The molecule has 0 saturated heterocycles. The summed E-state index contributed by atoms with van der Waals surface area (Å²) in [6.07, 6.45) is 1.48. The largest absolute Gasteiger partial charge is 0.508 e. The number of H-pyrrole nitrogens is 1. The number of hydrogen-bond acceptors (Lipinski definition) is 9. The van der Waals surface area contributed by atoms with Gasteiger partial charge in [-0.05, 0) is 43.1 Å². The van der Waals surface area contributed by atoms with Gasteiger partial charge in [0.05, 0.1) is 34.0 Å². The van der Waals surface area contributed by atoms with Crippen LogP contribution in [0.15, 0.2) is 69.1 Å². The highest BCUT2D eigenvalue weighted by molar-refractivity contribution is 5.97. The maximum absolute atomic E-state index is 13.5. The molecule has 10 nitrogen and oxygen atoms in total. The molecular weight excluding hydrogens is 442 g/mol. The van der Waals surface area contributed by atoms with Gasteiger partial charge in [0.2, 0.25) is 11.2 Å². The average Bonchev–Trinajstić information content (AvgIpc) is 3.29. The third kappa shape index (κ3) is 3.39. The Balaban J connectivity index is 1.73. The number of nitrogens with one attached hydrogen (secondary N) is 1. The van der Waals surface area contributed by atoms with E-state index in [2.05, 4.69) is 21.7 Å². The summed E-state index contributed by atoms with van der Waals surface area (Å²) < 4.78 is 11.3. The average molecular weight is 457 g/mol. The van der Waals surface area contributed by atoms with Gasteiger partial charge in [-0.2, -0.15) is 0 Å². The van der Waals surface area contributed by atoms with E-state index in [1.807, 2.05) is 0 Å². The van der Waals surface area contributed by atoms with Crippen LogP contribution in [0.1, 0.15) is 10.4 Å². The van der Waals surface area contributed by atoms with Crippen LogP contribution in [-0.2, 0) is 0 Å². The normalized spacial score (nSPS) is 11.1. The number of phenols is 3. The van der Waals surface area contributed by atoms with E-state index in [-0.39, 0.29) is 39.3 Å². The molecule has 0 aliphatic heterocycles. The highest BCUT2D eigenvalue weighted by atomic mass is 16.5. The number of benzene rings is 3. The molecule has 0 amide bonds. The van der Waals surface area contributed by atoms with Crippen molar-refractivity contribution in [3.8, 4) is 34.3 Å². The van der Waals surface area contributed by atoms with Crippen molar-refractivity contribution in [2.45, 2.75) is 0 Å². The van der Waals surface area contributed by atoms with Gasteiger partial charge >= 0.3 is 5.97 Å². The number of aliphatic imine (C=N–C) groups is 1. The van der Waals surface area contributed by atoms with Crippen molar-refractivity contribution in [1.29, 1.82) is 0 Å². The van der Waals surface area contributed by atoms with Gasteiger partial charge in [0, 0.05) is 17.7 Å². The van der Waals surface area contributed by atoms with Crippen LogP contribution in [0.3, 0.4) is 0 Å². The molecule has 10 heteroatoms. The molecule has 0 aliphatic carbocycles. The number of imidazole rings is 1. The lowest BCUT2D eigenvalue weighted by atomic mass is 10.1. The fourth-order valence-electron chi connectivity index (χ4n) is 3.55. The first kappa shape index (κ1) is 20.8. The summed E-state index contributed by atoms with van der Waals surface area (Å²) in [5, 5.41) is 29.5. The number of rotatable bonds is 4. The van der Waals surface area contributed by atoms with Gasteiger partial charge < -0.3 is 29.5 Å². The number of esters is 1. The Morgan fingerprint density at radius 3 is 2.65 bits per heavy atom. The summed E-state index contributed by atoms with van der Waals surface area (Å²) >= 11 is 0. The lowest BCUT2D eigenvalue weighted by molar-refractivity contribution is 0.0731. The van der Waals surface area contributed by atoms with E-state index in [4.69, 9.17) is 9.15 Å². The Morgan fingerprint density at radius 1 is 1.06 bits per heavy atom. The second kappa shape index (κ2) is 7.78. The lowest BCUT2D eigenvalue weighted by Gasteiger charge is -2.12. The number of aromatic amines is 1. The zero-order chi connectivity index (χ0) is 24.0. The molecule has 5 aromatic rings. The standard InChI is InChI=1S/C24H15N3O7/c1-25-16-8-13(28)9-19-20(16)21(31)23(22(33-19)11-3-5-17(29)18(30)7-11)34-24(32)12-2-4-14-15(6-12)27-10-26-14/h2-10,28-30H,1H2,(H,26,27). The van der Waals surface area contributed by atoms with Gasteiger partial charge in [-0.15, -0.1) is 0 Å². The number of phenolic OH excluding ortho intramolecular Hbond substituents is 3. The van der Waals surface area contributed by atoms with Gasteiger partial charge in [-0.25, -0.2) is 9.78 Å². The predicted molar refractivity (Wildman–Crippen MR) is 123 cm³/mol. The van der Waals surface area contributed by atoms with Crippen molar-refractivity contribution in [1.82, 2.24) is 9.97 Å². The molecule has 2 heterocycles. The zero-order valence-electron chi connectivity index (χ0n) is 17.3. The SMILES string of the molecule is C=Nc1cc(O)cc2oc(-c3ccc(O)c(O)c3)c(OC(=O)c3ccc4nc[nH]c4c3)c(=O)c12. The first-order valence-corrected chi connectivity index (χ1v) is 9.84. The fourth-order valence-corrected chi connectivity index (χ4v) is 3.55. The van der Waals surface area contributed by atoms with E-state index in [9.17, 15) is 24.9 Å². The first-order valence-electron chi connectivity index (χ1n) is 9.84. The molecule has 0 bridgehead atoms. The first-order chi connectivity index (χ1) is 16.4. The van der Waals surface area contributed by atoms with Gasteiger partial charge in [0.1, 0.15) is 11.3 Å². The van der Waals surface area contributed by atoms with Crippen LogP contribution < -0.4 is 10.2 Å². The fraction of sp³-hybridized carbons (Fsp3) is 0. The summed E-state index contributed by atoms with van der Waals surface area (Å²) in [5.41, 5.74) is 0.748. The van der Waals surface area contributed by atoms with E-state index in [0.717, 1.165) is 6.07 Å². The topological polar surface area (TPSA) is 158 Å². The van der Waals surface area contributed by atoms with Crippen LogP contribution in [0.25, 0.3) is 33.3 Å². The van der Waals surface area contributed by atoms with Crippen LogP contribution in [0.4, 0.5) is 5.69 Å². The maximum atomic E-state index is 13.5. The maximum Gasteiger partial charge on any atom is 0.343 e. The molecule has 0 spiro atoms. The van der Waals surface area contributed by atoms with Gasteiger partial charge in [-0.1, -0.05) is 0 Å². The van der Waals surface area contributed by atoms with Crippen LogP contribution in [0.5, 0.6) is 23.0 Å². The Hall–Kier alpha value is -5.12. The second-order valence-electron chi connectivity index (χ2n) is 7.31. The van der Waals surface area contributed by atoms with Crippen molar-refractivity contribution >= 4 is 40.4 Å². The number of carbonyl (C=O) groups is 1. The van der Waals surface area contributed by atoms with Crippen molar-refractivity contribution in [3.63, 3.8) is 0 Å². The van der Waals surface area contributed by atoms with Crippen LogP contribution in [-0.4, -0.2) is 38.0 Å². The van der Waals surface area contributed by atoms with Crippen LogP contribution in [0.2, 0.25) is 0 Å². The van der Waals surface area contributed by atoms with Crippen molar-refractivity contribution < 1.29 is 29.3 Å². The number of carbonyl (C=O) groups excluding carboxylic acids is 1. The Labute approximate surface area is 190 Å². The molecule has 168 valence electrons. The molecule has 3 aromatic carbocycles. The molecule has 0 saturated carbocycles. The summed E-state index contributed by atoms with van der Waals surface area (Å²) in [7, 11) is 0. The van der Waals surface area contributed by atoms with E-state index in [0.29, 0.717) is 11.0 Å². The molecule has 4 N–H and O–H groups in total. The molecule has 0 atom stereocenters. The van der Waals surface area contributed by atoms with Crippen LogP contribution in [0, 0.1) is 0 Å². The molecule has 0 fully saturated rings. The minimum atomic E-state index is -0.848. The number of fused-ring (bicyclic) bond motifs is 2. The summed E-state index contributed by atoms with van der Waals surface area (Å²) in [6.45, 7) is 3.41. The molecule has 34 heavy (non-hydrogen) atoms. The molecule has 0 unspecified atom stereocenters. The van der Waals surface area contributed by atoms with E-state index < -0.39 is 28.6 Å². The molecule has 2 aromatic heterocycles. The molecular formula is C24H15N3O7.